The summed E-state index contributed by atoms with van der Waals surface area (Å²) in [6, 6.07) is 8.85. The normalized spacial score (nSPS) is 11.7. The van der Waals surface area contributed by atoms with Crippen molar-refractivity contribution in [1.29, 1.82) is 0 Å². The minimum absolute atomic E-state index is 0.0585. The summed E-state index contributed by atoms with van der Waals surface area (Å²) in [4.78, 5) is 23.9. The fourth-order valence-electron chi connectivity index (χ4n) is 1.92. The van der Waals surface area contributed by atoms with Crippen LogP contribution in [0.5, 0.6) is 0 Å². The molecule has 4 heteroatoms. The van der Waals surface area contributed by atoms with Crippen LogP contribution >= 0.6 is 0 Å². The van der Waals surface area contributed by atoms with Gasteiger partial charge < -0.3 is 10.6 Å². The van der Waals surface area contributed by atoms with E-state index in [0.29, 0.717) is 12.8 Å². The Morgan fingerprint density at radius 2 is 1.80 bits per heavy atom. The van der Waals surface area contributed by atoms with E-state index in [-0.39, 0.29) is 11.8 Å². The van der Waals surface area contributed by atoms with E-state index in [4.69, 9.17) is 0 Å². The Morgan fingerprint density at radius 1 is 1.10 bits per heavy atom. The van der Waals surface area contributed by atoms with Crippen molar-refractivity contribution in [3.63, 3.8) is 0 Å². The molecule has 20 heavy (non-hydrogen) atoms. The van der Waals surface area contributed by atoms with E-state index in [9.17, 15) is 9.59 Å². The summed E-state index contributed by atoms with van der Waals surface area (Å²) in [6.45, 7) is 4.02. The van der Waals surface area contributed by atoms with Gasteiger partial charge in [0.1, 0.15) is 6.04 Å². The molecule has 2 N–H and O–H groups in total. The van der Waals surface area contributed by atoms with Crippen molar-refractivity contribution < 1.29 is 9.59 Å². The fourth-order valence-corrected chi connectivity index (χ4v) is 1.92. The molecule has 2 amide bonds. The highest BCUT2D eigenvalue weighted by molar-refractivity contribution is 5.97. The Morgan fingerprint density at radius 3 is 2.40 bits per heavy atom. The average molecular weight is 276 g/mol. The van der Waals surface area contributed by atoms with E-state index >= 15 is 0 Å². The van der Waals surface area contributed by atoms with Gasteiger partial charge in [-0.15, -0.1) is 0 Å². The summed E-state index contributed by atoms with van der Waals surface area (Å²) >= 11 is 0. The summed E-state index contributed by atoms with van der Waals surface area (Å²) in [6.07, 6.45) is 3.83. The van der Waals surface area contributed by atoms with Crippen molar-refractivity contribution in [3.05, 3.63) is 30.3 Å². The highest BCUT2D eigenvalue weighted by Gasteiger charge is 2.19. The molecule has 0 radical (unpaired) electrons. The first-order valence-corrected chi connectivity index (χ1v) is 7.32. The first kappa shape index (κ1) is 16.2. The largest absolute Gasteiger partial charge is 0.344 e. The quantitative estimate of drug-likeness (QED) is 0.766. The van der Waals surface area contributed by atoms with Crippen molar-refractivity contribution in [2.24, 2.45) is 0 Å². The summed E-state index contributed by atoms with van der Waals surface area (Å²) in [7, 11) is 0. The lowest BCUT2D eigenvalue weighted by molar-refractivity contribution is -0.126. The van der Waals surface area contributed by atoms with Crippen LogP contribution < -0.4 is 10.6 Å². The van der Waals surface area contributed by atoms with Crippen LogP contribution in [-0.4, -0.2) is 17.9 Å². The molecule has 0 unspecified atom stereocenters. The molecule has 0 saturated carbocycles. The minimum atomic E-state index is -0.450. The molecule has 0 aromatic heterocycles. The van der Waals surface area contributed by atoms with E-state index in [2.05, 4.69) is 17.6 Å². The molecule has 0 fully saturated rings. The van der Waals surface area contributed by atoms with Crippen molar-refractivity contribution in [3.8, 4) is 0 Å². The number of para-hydroxylation sites is 1. The van der Waals surface area contributed by atoms with Crippen molar-refractivity contribution in [2.45, 2.75) is 52.0 Å². The Balaban J connectivity index is 2.61. The number of nitrogens with one attached hydrogen (secondary N) is 2. The van der Waals surface area contributed by atoms with Gasteiger partial charge in [0.15, 0.2) is 0 Å². The van der Waals surface area contributed by atoms with Crippen LogP contribution in [0.25, 0.3) is 0 Å². The van der Waals surface area contributed by atoms with Gasteiger partial charge in [-0.2, -0.15) is 0 Å². The second kappa shape index (κ2) is 9.13. The van der Waals surface area contributed by atoms with E-state index in [1.807, 2.05) is 37.3 Å². The van der Waals surface area contributed by atoms with Gasteiger partial charge in [0.25, 0.3) is 0 Å². The summed E-state index contributed by atoms with van der Waals surface area (Å²) in [5.74, 6) is -0.203. The Labute approximate surface area is 121 Å². The lowest BCUT2D eigenvalue weighted by atomic mass is 10.1. The smallest absolute Gasteiger partial charge is 0.246 e. The summed E-state index contributed by atoms with van der Waals surface area (Å²) < 4.78 is 0. The van der Waals surface area contributed by atoms with E-state index < -0.39 is 6.04 Å². The van der Waals surface area contributed by atoms with E-state index in [1.54, 1.807) is 0 Å². The zero-order chi connectivity index (χ0) is 14.8. The lowest BCUT2D eigenvalue weighted by Gasteiger charge is -2.18. The average Bonchev–Trinajstić information content (AvgIpc) is 2.44. The number of hydrogen-bond acceptors (Lipinski definition) is 2. The highest BCUT2D eigenvalue weighted by atomic mass is 16.2. The number of carbonyl (C=O) groups excluding carboxylic acids is 2. The van der Waals surface area contributed by atoms with Gasteiger partial charge in [-0.05, 0) is 25.0 Å². The minimum Gasteiger partial charge on any atom is -0.344 e. The van der Waals surface area contributed by atoms with Gasteiger partial charge in [0, 0.05) is 12.1 Å². The van der Waals surface area contributed by atoms with Gasteiger partial charge in [-0.1, -0.05) is 44.9 Å². The molecule has 0 aliphatic rings. The number of hydrogen-bond donors (Lipinski definition) is 2. The third-order valence-electron chi connectivity index (χ3n) is 3.02. The van der Waals surface area contributed by atoms with Crippen molar-refractivity contribution >= 4 is 17.5 Å². The molecular formula is C16H24N2O2. The van der Waals surface area contributed by atoms with Crippen LogP contribution in [0.4, 0.5) is 5.69 Å². The second-order valence-electron chi connectivity index (χ2n) is 4.87. The molecule has 0 spiro atoms. The fraction of sp³-hybridized carbons (Fsp3) is 0.500. The molecule has 1 aromatic rings. The number of unbranched alkanes of at least 4 members (excludes halogenated alkanes) is 1. The Kier molecular flexibility index (Phi) is 7.40. The third kappa shape index (κ3) is 5.87. The van der Waals surface area contributed by atoms with Crippen LogP contribution in [0.1, 0.15) is 46.0 Å². The highest BCUT2D eigenvalue weighted by Crippen LogP contribution is 2.08. The molecule has 4 nitrogen and oxygen atoms in total. The maximum atomic E-state index is 12.2. The predicted molar refractivity (Wildman–Crippen MR) is 81.4 cm³/mol. The standard InChI is InChI=1S/C16H24N2O2/c1-3-5-12-14(18-15(19)9-4-2)16(20)17-13-10-7-6-8-11-13/h6-8,10-11,14H,3-5,9,12H2,1-2H3,(H,17,20)(H,18,19)/t14-/m0/s1. The molecule has 0 heterocycles. The molecule has 0 aliphatic heterocycles. The van der Waals surface area contributed by atoms with Crippen LogP contribution in [0.15, 0.2) is 30.3 Å². The molecule has 0 aliphatic carbocycles. The van der Waals surface area contributed by atoms with E-state index in [0.717, 1.165) is 24.9 Å². The van der Waals surface area contributed by atoms with Gasteiger partial charge in [-0.25, -0.2) is 0 Å². The van der Waals surface area contributed by atoms with Gasteiger partial charge in [-0.3, -0.25) is 9.59 Å². The summed E-state index contributed by atoms with van der Waals surface area (Å²) in [5.41, 5.74) is 0.753. The predicted octanol–water partition coefficient (Wildman–Crippen LogP) is 3.10. The van der Waals surface area contributed by atoms with Crippen LogP contribution in [-0.2, 0) is 9.59 Å². The molecule has 1 rings (SSSR count). The van der Waals surface area contributed by atoms with Crippen LogP contribution in [0.2, 0.25) is 0 Å². The SMILES string of the molecule is CCCC[C@H](NC(=O)CCC)C(=O)Nc1ccccc1. The first-order valence-electron chi connectivity index (χ1n) is 7.32. The number of rotatable bonds is 8. The second-order valence-corrected chi connectivity index (χ2v) is 4.87. The van der Waals surface area contributed by atoms with Crippen molar-refractivity contribution in [1.82, 2.24) is 5.32 Å². The molecule has 1 atom stereocenters. The topological polar surface area (TPSA) is 58.2 Å². The van der Waals surface area contributed by atoms with Crippen molar-refractivity contribution in [2.75, 3.05) is 5.32 Å². The van der Waals surface area contributed by atoms with Gasteiger partial charge >= 0.3 is 0 Å². The summed E-state index contributed by atoms with van der Waals surface area (Å²) in [5, 5.41) is 5.67. The van der Waals surface area contributed by atoms with Crippen LogP contribution in [0, 0.1) is 0 Å². The van der Waals surface area contributed by atoms with E-state index in [1.165, 1.54) is 0 Å². The molecular weight excluding hydrogens is 252 g/mol. The Bertz CT molecular complexity index is 418. The first-order chi connectivity index (χ1) is 9.67. The van der Waals surface area contributed by atoms with Gasteiger partial charge in [0.05, 0.1) is 0 Å². The molecule has 110 valence electrons. The van der Waals surface area contributed by atoms with Crippen LogP contribution in [0.3, 0.4) is 0 Å². The monoisotopic (exact) mass is 276 g/mol. The lowest BCUT2D eigenvalue weighted by Crippen LogP contribution is -2.43. The number of benzene rings is 1. The third-order valence-corrected chi connectivity index (χ3v) is 3.02. The zero-order valence-corrected chi connectivity index (χ0v) is 12.3. The zero-order valence-electron chi connectivity index (χ0n) is 12.3. The van der Waals surface area contributed by atoms with Gasteiger partial charge in [0.2, 0.25) is 11.8 Å². The number of carbonyl (C=O) groups is 2. The Hall–Kier alpha value is -1.84. The number of amides is 2. The molecule has 0 bridgehead atoms. The number of anilines is 1. The molecule has 0 saturated heterocycles. The maximum Gasteiger partial charge on any atom is 0.246 e. The maximum absolute atomic E-state index is 12.2. The molecule has 1 aromatic carbocycles.